The Labute approximate surface area is 221 Å². The van der Waals surface area contributed by atoms with Gasteiger partial charge in [-0.05, 0) is 43.5 Å². The van der Waals surface area contributed by atoms with E-state index in [2.05, 4.69) is 5.32 Å². The van der Waals surface area contributed by atoms with Crippen molar-refractivity contribution >= 4 is 29.3 Å². The highest BCUT2D eigenvalue weighted by molar-refractivity contribution is 6.33. The number of amides is 3. The number of ether oxygens (including phenoxy) is 2. The van der Waals surface area contributed by atoms with Crippen molar-refractivity contribution < 1.29 is 23.9 Å². The van der Waals surface area contributed by atoms with E-state index in [1.165, 1.54) is 0 Å². The van der Waals surface area contributed by atoms with Crippen LogP contribution in [-0.2, 0) is 14.3 Å². The Hall–Kier alpha value is -2.94. The molecule has 3 heterocycles. The zero-order chi connectivity index (χ0) is 26.0. The largest absolute Gasteiger partial charge is 0.376 e. The Morgan fingerprint density at radius 1 is 1.03 bits per heavy atom. The minimum absolute atomic E-state index is 0.000173. The van der Waals surface area contributed by atoms with Gasteiger partial charge in [0.1, 0.15) is 11.8 Å². The summed E-state index contributed by atoms with van der Waals surface area (Å²) in [4.78, 5) is 43.8. The van der Waals surface area contributed by atoms with Crippen LogP contribution >= 0.6 is 11.6 Å². The van der Waals surface area contributed by atoms with Crippen molar-refractivity contribution in [1.29, 1.82) is 0 Å². The van der Waals surface area contributed by atoms with Gasteiger partial charge in [-0.2, -0.15) is 0 Å². The normalized spacial score (nSPS) is 22.9. The van der Waals surface area contributed by atoms with Crippen LogP contribution < -0.4 is 5.32 Å². The van der Waals surface area contributed by atoms with E-state index >= 15 is 0 Å². The van der Waals surface area contributed by atoms with Crippen LogP contribution in [0.3, 0.4) is 0 Å². The number of rotatable bonds is 5. The van der Waals surface area contributed by atoms with Crippen LogP contribution in [0.15, 0.2) is 48.5 Å². The second-order valence-electron chi connectivity index (χ2n) is 9.92. The molecule has 2 aromatic carbocycles. The molecule has 8 nitrogen and oxygen atoms in total. The first-order chi connectivity index (χ1) is 17.9. The minimum atomic E-state index is -0.970. The van der Waals surface area contributed by atoms with Crippen molar-refractivity contribution in [1.82, 2.24) is 15.1 Å². The maximum absolute atomic E-state index is 13.9. The van der Waals surface area contributed by atoms with Gasteiger partial charge < -0.3 is 19.7 Å². The number of piperidine rings is 1. The molecule has 2 aromatic rings. The molecule has 3 aliphatic heterocycles. The monoisotopic (exact) mass is 525 g/mol. The van der Waals surface area contributed by atoms with Crippen molar-refractivity contribution in [3.05, 3.63) is 70.2 Å². The Morgan fingerprint density at radius 3 is 2.41 bits per heavy atom. The second-order valence-corrected chi connectivity index (χ2v) is 10.3. The SMILES string of the molecule is Cc1ccccc1C(=O)N1C(C(=O)NCC2CCCO2)COC12CCN(C(=O)c1ccccc1Cl)CC2. The van der Waals surface area contributed by atoms with Crippen molar-refractivity contribution in [3.8, 4) is 0 Å². The van der Waals surface area contributed by atoms with Gasteiger partial charge in [-0.1, -0.05) is 41.9 Å². The van der Waals surface area contributed by atoms with Crippen LogP contribution in [-0.4, -0.2) is 78.2 Å². The van der Waals surface area contributed by atoms with Gasteiger partial charge in [0.05, 0.1) is 23.3 Å². The Kier molecular flexibility index (Phi) is 7.51. The van der Waals surface area contributed by atoms with Crippen molar-refractivity contribution in [3.63, 3.8) is 0 Å². The Bertz CT molecular complexity index is 1170. The fourth-order valence-electron chi connectivity index (χ4n) is 5.51. The third kappa shape index (κ3) is 5.10. The first kappa shape index (κ1) is 25.7. The number of benzene rings is 2. The standard InChI is InChI=1S/C28H32ClN3O5/c1-19-7-2-3-9-21(19)27(35)32-24(25(33)30-17-20-8-6-16-36-20)18-37-28(32)12-14-31(15-13-28)26(34)22-10-4-5-11-23(22)29/h2-5,7,9-11,20,24H,6,8,12-18H2,1H3,(H,30,33). The van der Waals surface area contributed by atoms with E-state index in [-0.39, 0.29) is 30.4 Å². The van der Waals surface area contributed by atoms with E-state index < -0.39 is 11.8 Å². The summed E-state index contributed by atoms with van der Waals surface area (Å²) < 4.78 is 11.9. The number of likely N-dealkylation sites (tertiary alicyclic amines) is 1. The summed E-state index contributed by atoms with van der Waals surface area (Å²) in [5.41, 5.74) is 0.854. The molecule has 0 radical (unpaired) electrons. The Morgan fingerprint density at radius 2 is 1.73 bits per heavy atom. The van der Waals surface area contributed by atoms with Gasteiger partial charge in [0, 0.05) is 44.6 Å². The molecule has 0 aliphatic carbocycles. The number of carbonyl (C=O) groups excluding carboxylic acids is 3. The molecule has 2 unspecified atom stereocenters. The van der Waals surface area contributed by atoms with Crippen LogP contribution in [0.4, 0.5) is 0 Å². The molecular formula is C28H32ClN3O5. The van der Waals surface area contributed by atoms with Crippen LogP contribution in [0.1, 0.15) is 52.0 Å². The summed E-state index contributed by atoms with van der Waals surface area (Å²) in [5, 5.41) is 3.38. The summed E-state index contributed by atoms with van der Waals surface area (Å²) in [7, 11) is 0. The first-order valence-electron chi connectivity index (χ1n) is 12.9. The zero-order valence-corrected chi connectivity index (χ0v) is 21.7. The third-order valence-corrected chi connectivity index (χ3v) is 7.95. The molecule has 0 saturated carbocycles. The molecule has 37 heavy (non-hydrogen) atoms. The first-order valence-corrected chi connectivity index (χ1v) is 13.2. The molecular weight excluding hydrogens is 494 g/mol. The summed E-state index contributed by atoms with van der Waals surface area (Å²) in [6.07, 6.45) is 2.69. The quantitative estimate of drug-likeness (QED) is 0.646. The number of carbonyl (C=O) groups is 3. The van der Waals surface area contributed by atoms with Gasteiger partial charge in [-0.15, -0.1) is 0 Å². The third-order valence-electron chi connectivity index (χ3n) is 7.62. The predicted octanol–water partition coefficient (Wildman–Crippen LogP) is 3.42. The molecule has 196 valence electrons. The highest BCUT2D eigenvalue weighted by Crippen LogP contribution is 2.39. The lowest BCUT2D eigenvalue weighted by Gasteiger charge is -2.44. The smallest absolute Gasteiger partial charge is 0.257 e. The molecule has 2 atom stereocenters. The molecule has 9 heteroatoms. The molecule has 3 aliphatic rings. The zero-order valence-electron chi connectivity index (χ0n) is 21.0. The molecule has 0 aromatic heterocycles. The summed E-state index contributed by atoms with van der Waals surface area (Å²) >= 11 is 6.26. The molecule has 3 amide bonds. The van der Waals surface area contributed by atoms with E-state index in [1.807, 2.05) is 25.1 Å². The Balaban J connectivity index is 1.36. The second kappa shape index (κ2) is 10.8. The van der Waals surface area contributed by atoms with Crippen LogP contribution in [0.25, 0.3) is 0 Å². The van der Waals surface area contributed by atoms with Crippen molar-refractivity contribution in [2.75, 3.05) is 32.8 Å². The topological polar surface area (TPSA) is 88.2 Å². The summed E-state index contributed by atoms with van der Waals surface area (Å²) in [6, 6.07) is 13.6. The average Bonchev–Trinajstić information content (AvgIpc) is 3.56. The molecule has 5 rings (SSSR count). The van der Waals surface area contributed by atoms with E-state index in [4.69, 9.17) is 21.1 Å². The summed E-state index contributed by atoms with van der Waals surface area (Å²) in [6.45, 7) is 3.87. The van der Waals surface area contributed by atoms with E-state index in [1.54, 1.807) is 40.1 Å². The average molecular weight is 526 g/mol. The summed E-state index contributed by atoms with van der Waals surface area (Å²) in [5.74, 6) is -0.635. The van der Waals surface area contributed by atoms with E-state index in [0.717, 1.165) is 18.4 Å². The molecule has 0 bridgehead atoms. The lowest BCUT2D eigenvalue weighted by molar-refractivity contribution is -0.128. The number of nitrogens with zero attached hydrogens (tertiary/aromatic N) is 2. The number of halogens is 1. The van der Waals surface area contributed by atoms with E-state index in [9.17, 15) is 14.4 Å². The number of hydrogen-bond acceptors (Lipinski definition) is 5. The highest BCUT2D eigenvalue weighted by atomic mass is 35.5. The van der Waals surface area contributed by atoms with Crippen LogP contribution in [0.2, 0.25) is 5.02 Å². The molecule has 3 saturated heterocycles. The maximum atomic E-state index is 13.9. The highest BCUT2D eigenvalue weighted by Gasteiger charge is 2.54. The molecule has 1 spiro atoms. The molecule has 3 fully saturated rings. The number of aryl methyl sites for hydroxylation is 1. The van der Waals surface area contributed by atoms with E-state index in [0.29, 0.717) is 55.2 Å². The van der Waals surface area contributed by atoms with Crippen LogP contribution in [0, 0.1) is 6.92 Å². The van der Waals surface area contributed by atoms with Crippen LogP contribution in [0.5, 0.6) is 0 Å². The maximum Gasteiger partial charge on any atom is 0.257 e. The van der Waals surface area contributed by atoms with Gasteiger partial charge in [0.2, 0.25) is 5.91 Å². The lowest BCUT2D eigenvalue weighted by Crippen LogP contribution is -2.60. The van der Waals surface area contributed by atoms with Gasteiger partial charge in [-0.25, -0.2) is 0 Å². The van der Waals surface area contributed by atoms with Gasteiger partial charge in [0.25, 0.3) is 11.8 Å². The van der Waals surface area contributed by atoms with Crippen molar-refractivity contribution in [2.24, 2.45) is 0 Å². The van der Waals surface area contributed by atoms with Crippen molar-refractivity contribution in [2.45, 2.75) is 50.5 Å². The fourth-order valence-corrected chi connectivity index (χ4v) is 5.73. The minimum Gasteiger partial charge on any atom is -0.376 e. The fraction of sp³-hybridized carbons (Fsp3) is 0.464. The number of nitrogens with one attached hydrogen (secondary N) is 1. The molecule has 1 N–H and O–H groups in total. The predicted molar refractivity (Wildman–Crippen MR) is 138 cm³/mol. The van der Waals surface area contributed by atoms with Gasteiger partial charge in [-0.3, -0.25) is 19.3 Å². The lowest BCUT2D eigenvalue weighted by atomic mass is 9.95. The number of hydrogen-bond donors (Lipinski definition) is 1. The van der Waals surface area contributed by atoms with Gasteiger partial charge in [0.15, 0.2) is 0 Å². The van der Waals surface area contributed by atoms with Gasteiger partial charge >= 0.3 is 0 Å².